The lowest BCUT2D eigenvalue weighted by Crippen LogP contribution is -2.06. The van der Waals surface area contributed by atoms with E-state index in [1.54, 1.807) is 0 Å². The Balaban J connectivity index is 1.93. The number of benzene rings is 2. The lowest BCUT2D eigenvalue weighted by Gasteiger charge is -2.12. The normalized spacial score (nSPS) is 10.8. The van der Waals surface area contributed by atoms with Gasteiger partial charge in [-0.15, -0.1) is 0 Å². The number of anilines is 1. The fourth-order valence-electron chi connectivity index (χ4n) is 2.80. The summed E-state index contributed by atoms with van der Waals surface area (Å²) in [5.41, 5.74) is 5.16. The Hall–Kier alpha value is -2.82. The molecule has 0 saturated carbocycles. The molecule has 1 aromatic heterocycles. The average molecular weight is 337 g/mol. The number of hydrogen-bond acceptors (Lipinski definition) is 3. The van der Waals surface area contributed by atoms with Crippen molar-refractivity contribution in [1.29, 1.82) is 0 Å². The van der Waals surface area contributed by atoms with Gasteiger partial charge in [0.1, 0.15) is 5.75 Å². The van der Waals surface area contributed by atoms with Crippen LogP contribution in [0.2, 0.25) is 0 Å². The minimum atomic E-state index is -0.144. The quantitative estimate of drug-likeness (QED) is 0.694. The molecule has 0 radical (unpaired) electrons. The summed E-state index contributed by atoms with van der Waals surface area (Å²) < 4.78 is 5.82. The molecule has 0 spiro atoms. The van der Waals surface area contributed by atoms with Gasteiger partial charge in [-0.2, -0.15) is 0 Å². The Kier molecular flexibility index (Phi) is 5.03. The van der Waals surface area contributed by atoms with E-state index in [2.05, 4.69) is 47.3 Å². The minimum Gasteiger partial charge on any atom is -0.493 e. The van der Waals surface area contributed by atoms with Crippen LogP contribution in [-0.2, 0) is 11.2 Å². The highest BCUT2D eigenvalue weighted by Crippen LogP contribution is 2.29. The van der Waals surface area contributed by atoms with Crippen molar-refractivity contribution in [1.82, 2.24) is 9.97 Å². The average Bonchev–Trinajstić information content (AvgIpc) is 3.00. The molecular formula is C20H23N3O2. The molecule has 0 unspecified atom stereocenters. The van der Waals surface area contributed by atoms with Crippen molar-refractivity contribution in [3.05, 3.63) is 42.0 Å². The van der Waals surface area contributed by atoms with E-state index in [0.29, 0.717) is 5.95 Å². The van der Waals surface area contributed by atoms with Crippen molar-refractivity contribution < 1.29 is 9.53 Å². The predicted molar refractivity (Wildman–Crippen MR) is 101 cm³/mol. The van der Waals surface area contributed by atoms with Gasteiger partial charge in [0.15, 0.2) is 0 Å². The van der Waals surface area contributed by atoms with E-state index in [0.717, 1.165) is 47.4 Å². The number of amides is 1. The number of aromatic amines is 1. The van der Waals surface area contributed by atoms with E-state index in [1.165, 1.54) is 12.5 Å². The van der Waals surface area contributed by atoms with Crippen LogP contribution in [0.5, 0.6) is 5.75 Å². The van der Waals surface area contributed by atoms with Gasteiger partial charge >= 0.3 is 0 Å². The van der Waals surface area contributed by atoms with Gasteiger partial charge in [-0.25, -0.2) is 4.98 Å². The Bertz CT molecular complexity index is 899. The van der Waals surface area contributed by atoms with Gasteiger partial charge in [0.05, 0.1) is 17.6 Å². The van der Waals surface area contributed by atoms with Crippen molar-refractivity contribution in [3.63, 3.8) is 0 Å². The Labute approximate surface area is 147 Å². The van der Waals surface area contributed by atoms with Crippen LogP contribution in [0.15, 0.2) is 36.4 Å². The van der Waals surface area contributed by atoms with E-state index in [4.69, 9.17) is 4.74 Å². The van der Waals surface area contributed by atoms with E-state index in [1.807, 2.05) is 18.2 Å². The zero-order valence-corrected chi connectivity index (χ0v) is 14.8. The van der Waals surface area contributed by atoms with Gasteiger partial charge < -0.3 is 9.72 Å². The third-order valence-corrected chi connectivity index (χ3v) is 4.01. The molecule has 130 valence electrons. The molecule has 0 aliphatic rings. The first kappa shape index (κ1) is 17.0. The van der Waals surface area contributed by atoms with Crippen LogP contribution in [-0.4, -0.2) is 22.5 Å². The lowest BCUT2D eigenvalue weighted by atomic mass is 10.0. The topological polar surface area (TPSA) is 67.0 Å². The second kappa shape index (κ2) is 7.38. The fraction of sp³-hybridized carbons (Fsp3) is 0.300. The number of carbonyl (C=O) groups is 1. The van der Waals surface area contributed by atoms with Crippen LogP contribution < -0.4 is 10.1 Å². The summed E-state index contributed by atoms with van der Waals surface area (Å²) in [7, 11) is 0. The highest BCUT2D eigenvalue weighted by molar-refractivity contribution is 5.90. The Morgan fingerprint density at radius 2 is 1.92 bits per heavy atom. The number of aromatic nitrogens is 2. The summed E-state index contributed by atoms with van der Waals surface area (Å²) in [5, 5.41) is 2.68. The third-order valence-electron chi connectivity index (χ3n) is 4.01. The number of nitrogens with one attached hydrogen (secondary N) is 2. The molecule has 0 saturated heterocycles. The van der Waals surface area contributed by atoms with Crippen molar-refractivity contribution in [2.75, 3.05) is 11.9 Å². The minimum absolute atomic E-state index is 0.144. The monoisotopic (exact) mass is 337 g/mol. The van der Waals surface area contributed by atoms with Crippen LogP contribution in [0.4, 0.5) is 5.95 Å². The van der Waals surface area contributed by atoms with E-state index >= 15 is 0 Å². The molecule has 1 heterocycles. The zero-order chi connectivity index (χ0) is 17.8. The molecule has 0 aliphatic carbocycles. The largest absolute Gasteiger partial charge is 0.493 e. The molecule has 0 atom stereocenters. The van der Waals surface area contributed by atoms with Crippen LogP contribution in [0.3, 0.4) is 0 Å². The summed E-state index contributed by atoms with van der Waals surface area (Å²) >= 11 is 0. The van der Waals surface area contributed by atoms with Crippen molar-refractivity contribution >= 4 is 22.9 Å². The smallest absolute Gasteiger partial charge is 0.223 e. The maximum atomic E-state index is 11.2. The zero-order valence-electron chi connectivity index (χ0n) is 14.8. The van der Waals surface area contributed by atoms with Gasteiger partial charge in [0.25, 0.3) is 0 Å². The number of rotatable bonds is 6. The van der Waals surface area contributed by atoms with E-state index < -0.39 is 0 Å². The number of aryl methyl sites for hydroxylation is 1. The van der Waals surface area contributed by atoms with Crippen molar-refractivity contribution in [2.24, 2.45) is 0 Å². The van der Waals surface area contributed by atoms with Gasteiger partial charge in [0, 0.05) is 6.92 Å². The maximum absolute atomic E-state index is 11.2. The Morgan fingerprint density at radius 1 is 1.16 bits per heavy atom. The first-order valence-electron chi connectivity index (χ1n) is 8.64. The SMILES string of the molecule is CCCOc1ccc(-c2ccc3nc(NC(C)=O)[nH]c3c2)cc1CC. The number of H-pyrrole nitrogens is 1. The molecule has 3 rings (SSSR count). The summed E-state index contributed by atoms with van der Waals surface area (Å²) in [6.07, 6.45) is 1.92. The van der Waals surface area contributed by atoms with E-state index in [-0.39, 0.29) is 5.91 Å². The summed E-state index contributed by atoms with van der Waals surface area (Å²) in [6.45, 7) is 6.44. The highest BCUT2D eigenvalue weighted by atomic mass is 16.5. The Morgan fingerprint density at radius 3 is 2.64 bits per heavy atom. The first-order valence-corrected chi connectivity index (χ1v) is 8.64. The van der Waals surface area contributed by atoms with Crippen molar-refractivity contribution in [3.8, 4) is 16.9 Å². The van der Waals surface area contributed by atoms with Gasteiger partial charge in [-0.05, 0) is 53.8 Å². The number of fused-ring (bicyclic) bond motifs is 1. The first-order chi connectivity index (χ1) is 12.1. The van der Waals surface area contributed by atoms with Crippen molar-refractivity contribution in [2.45, 2.75) is 33.6 Å². The molecule has 0 aliphatic heterocycles. The molecule has 1 amide bonds. The predicted octanol–water partition coefficient (Wildman–Crippen LogP) is 4.54. The number of nitrogens with zero attached hydrogens (tertiary/aromatic N) is 1. The summed E-state index contributed by atoms with van der Waals surface area (Å²) in [5.74, 6) is 1.29. The third kappa shape index (κ3) is 3.82. The molecule has 0 fully saturated rings. The summed E-state index contributed by atoms with van der Waals surface area (Å²) in [4.78, 5) is 18.7. The number of carbonyl (C=O) groups excluding carboxylic acids is 1. The molecule has 0 bridgehead atoms. The van der Waals surface area contributed by atoms with E-state index in [9.17, 15) is 4.79 Å². The fourth-order valence-corrected chi connectivity index (χ4v) is 2.80. The van der Waals surface area contributed by atoms with Gasteiger partial charge in [0.2, 0.25) is 11.9 Å². The molecular weight excluding hydrogens is 314 g/mol. The lowest BCUT2D eigenvalue weighted by molar-refractivity contribution is -0.114. The molecule has 5 nitrogen and oxygen atoms in total. The standard InChI is InChI=1S/C20H23N3O2/c1-4-10-25-19-9-7-15(11-14(19)5-2)16-6-8-17-18(12-16)23-20(22-17)21-13(3)24/h6-9,11-12H,4-5,10H2,1-3H3,(H2,21,22,23,24). The van der Waals surface area contributed by atoms with Crippen LogP contribution in [0.1, 0.15) is 32.8 Å². The second-order valence-corrected chi connectivity index (χ2v) is 6.02. The molecule has 2 N–H and O–H groups in total. The second-order valence-electron chi connectivity index (χ2n) is 6.02. The number of hydrogen-bond donors (Lipinski definition) is 2. The molecule has 2 aromatic carbocycles. The van der Waals surface area contributed by atoms with Crippen LogP contribution in [0.25, 0.3) is 22.2 Å². The van der Waals surface area contributed by atoms with Gasteiger partial charge in [-0.3, -0.25) is 10.1 Å². The number of imidazole rings is 1. The highest BCUT2D eigenvalue weighted by Gasteiger charge is 2.08. The van der Waals surface area contributed by atoms with Gasteiger partial charge in [-0.1, -0.05) is 26.0 Å². The maximum Gasteiger partial charge on any atom is 0.223 e. The van der Waals surface area contributed by atoms with Crippen LogP contribution >= 0.6 is 0 Å². The number of ether oxygens (including phenoxy) is 1. The molecule has 3 aromatic rings. The summed E-state index contributed by atoms with van der Waals surface area (Å²) in [6, 6.07) is 12.4. The molecule has 5 heteroatoms. The van der Waals surface area contributed by atoms with Crippen LogP contribution in [0, 0.1) is 0 Å². The molecule has 25 heavy (non-hydrogen) atoms.